The molecule has 0 radical (unpaired) electrons. The number of aromatic nitrogens is 1. The monoisotopic (exact) mass is 370 g/mol. The molecular formula is C25H26N2O. The summed E-state index contributed by atoms with van der Waals surface area (Å²) in [5.74, 6) is 1.35. The minimum absolute atomic E-state index is 0.189. The molecule has 1 aliphatic heterocycles. The minimum Gasteiger partial charge on any atom is -0.335 e. The van der Waals surface area contributed by atoms with Gasteiger partial charge in [0.1, 0.15) is 0 Å². The number of carbonyl (C=O) groups is 1. The lowest BCUT2D eigenvalue weighted by molar-refractivity contribution is 0.0319. The third kappa shape index (κ3) is 3.09. The number of likely N-dealkylation sites (tertiary alicyclic amines) is 1. The van der Waals surface area contributed by atoms with Crippen molar-refractivity contribution in [3.8, 4) is 0 Å². The van der Waals surface area contributed by atoms with Gasteiger partial charge in [0, 0.05) is 29.7 Å². The number of pyridine rings is 1. The first-order chi connectivity index (χ1) is 13.8. The molecule has 2 heterocycles. The highest BCUT2D eigenvalue weighted by Gasteiger charge is 2.41. The predicted molar refractivity (Wildman–Crippen MR) is 112 cm³/mol. The highest BCUT2D eigenvalue weighted by atomic mass is 16.2. The SMILES string of the molecule is O=C(c1ccc2ncccc2c1)N1CC[C@H](c2ccccc2)[C@H]2CCCC[C@H]21. The van der Waals surface area contributed by atoms with E-state index in [2.05, 4.69) is 40.2 Å². The second-order valence-electron chi connectivity index (χ2n) is 8.23. The standard InChI is InChI=1S/C25H26N2O/c28-25(20-12-13-23-19(17-20)9-6-15-26-23)27-16-14-21(18-7-2-1-3-8-18)22-10-4-5-11-24(22)27/h1-3,6-9,12-13,15,17,21-22,24H,4-5,10-11,14,16H2/t21-,22-,24-/m1/s1. The molecule has 0 N–H and O–H groups in total. The Balaban J connectivity index is 1.44. The van der Waals surface area contributed by atoms with Gasteiger partial charge in [-0.1, -0.05) is 49.2 Å². The third-order valence-corrected chi connectivity index (χ3v) is 6.72. The van der Waals surface area contributed by atoms with Crippen LogP contribution in [0.5, 0.6) is 0 Å². The number of hydrogen-bond donors (Lipinski definition) is 0. The molecule has 3 aromatic rings. The summed E-state index contributed by atoms with van der Waals surface area (Å²) in [7, 11) is 0. The first-order valence-electron chi connectivity index (χ1n) is 10.5. The second-order valence-corrected chi connectivity index (χ2v) is 8.23. The van der Waals surface area contributed by atoms with Crippen LogP contribution in [0, 0.1) is 5.92 Å². The average Bonchev–Trinajstić information content (AvgIpc) is 2.78. The van der Waals surface area contributed by atoms with Gasteiger partial charge in [-0.2, -0.15) is 0 Å². The van der Waals surface area contributed by atoms with Crippen LogP contribution in [0.1, 0.15) is 53.9 Å². The predicted octanol–water partition coefficient (Wildman–Crippen LogP) is 5.42. The van der Waals surface area contributed by atoms with E-state index in [4.69, 9.17) is 0 Å². The van der Waals surface area contributed by atoms with E-state index in [0.29, 0.717) is 17.9 Å². The van der Waals surface area contributed by atoms with Crippen LogP contribution >= 0.6 is 0 Å². The molecule has 1 saturated heterocycles. The third-order valence-electron chi connectivity index (χ3n) is 6.72. The number of carbonyl (C=O) groups excluding carboxylic acids is 1. The summed E-state index contributed by atoms with van der Waals surface area (Å²) < 4.78 is 0. The molecule has 0 bridgehead atoms. The zero-order valence-corrected chi connectivity index (χ0v) is 16.1. The number of fused-ring (bicyclic) bond motifs is 2. The smallest absolute Gasteiger partial charge is 0.254 e. The lowest BCUT2D eigenvalue weighted by atomic mass is 9.69. The fourth-order valence-electron chi connectivity index (χ4n) is 5.40. The lowest BCUT2D eigenvalue weighted by Gasteiger charge is -2.48. The van der Waals surface area contributed by atoms with Gasteiger partial charge < -0.3 is 4.90 Å². The Kier molecular flexibility index (Phi) is 4.59. The molecule has 2 aliphatic rings. The van der Waals surface area contributed by atoms with Crippen molar-refractivity contribution < 1.29 is 4.79 Å². The summed E-state index contributed by atoms with van der Waals surface area (Å²) in [5, 5.41) is 1.03. The van der Waals surface area contributed by atoms with E-state index in [1.165, 1.54) is 24.8 Å². The summed E-state index contributed by atoms with van der Waals surface area (Å²) in [6.45, 7) is 0.852. The van der Waals surface area contributed by atoms with Crippen LogP contribution in [-0.2, 0) is 0 Å². The molecular weight excluding hydrogens is 344 g/mol. The molecule has 1 amide bonds. The number of nitrogens with zero attached hydrogens (tertiary/aromatic N) is 2. The normalized spacial score (nSPS) is 24.7. The van der Waals surface area contributed by atoms with Crippen LogP contribution < -0.4 is 0 Å². The number of benzene rings is 2. The highest BCUT2D eigenvalue weighted by Crippen LogP contribution is 2.44. The first kappa shape index (κ1) is 17.4. The van der Waals surface area contributed by atoms with Crippen molar-refractivity contribution in [2.75, 3.05) is 6.54 Å². The van der Waals surface area contributed by atoms with Gasteiger partial charge >= 0.3 is 0 Å². The molecule has 142 valence electrons. The van der Waals surface area contributed by atoms with Crippen molar-refractivity contribution in [1.82, 2.24) is 9.88 Å². The maximum absolute atomic E-state index is 13.4. The van der Waals surface area contributed by atoms with Gasteiger partial charge in [-0.05, 0) is 60.9 Å². The van der Waals surface area contributed by atoms with Gasteiger partial charge in [0.2, 0.25) is 0 Å². The minimum atomic E-state index is 0.189. The van der Waals surface area contributed by atoms with E-state index in [0.717, 1.165) is 35.9 Å². The topological polar surface area (TPSA) is 33.2 Å². The van der Waals surface area contributed by atoms with Gasteiger partial charge in [0.25, 0.3) is 5.91 Å². The van der Waals surface area contributed by atoms with Crippen molar-refractivity contribution in [2.45, 2.75) is 44.1 Å². The molecule has 3 atom stereocenters. The number of rotatable bonds is 2. The quantitative estimate of drug-likeness (QED) is 0.603. The molecule has 1 aromatic heterocycles. The van der Waals surface area contributed by atoms with E-state index in [9.17, 15) is 4.79 Å². The summed E-state index contributed by atoms with van der Waals surface area (Å²) in [6, 6.07) is 21.2. The van der Waals surface area contributed by atoms with Crippen LogP contribution in [0.3, 0.4) is 0 Å². The fourth-order valence-corrected chi connectivity index (χ4v) is 5.40. The maximum atomic E-state index is 13.4. The first-order valence-corrected chi connectivity index (χ1v) is 10.5. The van der Waals surface area contributed by atoms with Crippen molar-refractivity contribution in [1.29, 1.82) is 0 Å². The summed E-state index contributed by atoms with van der Waals surface area (Å²) >= 11 is 0. The molecule has 3 heteroatoms. The van der Waals surface area contributed by atoms with Crippen molar-refractivity contribution in [2.24, 2.45) is 5.92 Å². The Morgan fingerprint density at radius 3 is 2.68 bits per heavy atom. The molecule has 5 rings (SSSR count). The molecule has 1 aliphatic carbocycles. The van der Waals surface area contributed by atoms with Gasteiger partial charge in [-0.15, -0.1) is 0 Å². The Morgan fingerprint density at radius 1 is 0.929 bits per heavy atom. The molecule has 0 unspecified atom stereocenters. The zero-order valence-electron chi connectivity index (χ0n) is 16.1. The zero-order chi connectivity index (χ0) is 18.9. The van der Waals surface area contributed by atoms with E-state index < -0.39 is 0 Å². The molecule has 1 saturated carbocycles. The Bertz CT molecular complexity index is 984. The summed E-state index contributed by atoms with van der Waals surface area (Å²) in [4.78, 5) is 20.0. The summed E-state index contributed by atoms with van der Waals surface area (Å²) in [5.41, 5.74) is 3.18. The largest absolute Gasteiger partial charge is 0.335 e. The van der Waals surface area contributed by atoms with Gasteiger partial charge in [0.15, 0.2) is 0 Å². The average molecular weight is 370 g/mol. The van der Waals surface area contributed by atoms with Crippen molar-refractivity contribution in [3.05, 3.63) is 78.0 Å². The van der Waals surface area contributed by atoms with Crippen LogP contribution in [-0.4, -0.2) is 28.4 Å². The number of amides is 1. The summed E-state index contributed by atoms with van der Waals surface area (Å²) in [6.07, 6.45) is 7.74. The molecule has 2 fully saturated rings. The molecule has 28 heavy (non-hydrogen) atoms. The number of hydrogen-bond acceptors (Lipinski definition) is 2. The highest BCUT2D eigenvalue weighted by molar-refractivity contribution is 5.98. The number of piperidine rings is 1. The van der Waals surface area contributed by atoms with Gasteiger partial charge in [-0.3, -0.25) is 9.78 Å². The van der Waals surface area contributed by atoms with Crippen LogP contribution in [0.4, 0.5) is 0 Å². The second kappa shape index (κ2) is 7.38. The molecule has 3 nitrogen and oxygen atoms in total. The maximum Gasteiger partial charge on any atom is 0.254 e. The van der Waals surface area contributed by atoms with E-state index >= 15 is 0 Å². The van der Waals surface area contributed by atoms with Gasteiger partial charge in [0.05, 0.1) is 5.52 Å². The molecule has 2 aromatic carbocycles. The Morgan fingerprint density at radius 2 is 1.79 bits per heavy atom. The van der Waals surface area contributed by atoms with Crippen LogP contribution in [0.25, 0.3) is 10.9 Å². The van der Waals surface area contributed by atoms with Gasteiger partial charge in [-0.25, -0.2) is 0 Å². The Hall–Kier alpha value is -2.68. The Labute approximate surface area is 166 Å². The van der Waals surface area contributed by atoms with Crippen LogP contribution in [0.2, 0.25) is 0 Å². The van der Waals surface area contributed by atoms with Crippen molar-refractivity contribution >= 4 is 16.8 Å². The molecule has 0 spiro atoms. The van der Waals surface area contributed by atoms with E-state index in [1.54, 1.807) is 6.20 Å². The lowest BCUT2D eigenvalue weighted by Crippen LogP contribution is -2.52. The fraction of sp³-hybridized carbons (Fsp3) is 0.360. The van der Waals surface area contributed by atoms with E-state index in [1.807, 2.05) is 30.3 Å². The van der Waals surface area contributed by atoms with Crippen LogP contribution in [0.15, 0.2) is 66.9 Å². The van der Waals surface area contributed by atoms with Crippen molar-refractivity contribution in [3.63, 3.8) is 0 Å². The van der Waals surface area contributed by atoms with E-state index in [-0.39, 0.29) is 5.91 Å².